The number of hydrogen-bond acceptors (Lipinski definition) is 4. The van der Waals surface area contributed by atoms with Gasteiger partial charge in [0.25, 0.3) is 0 Å². The van der Waals surface area contributed by atoms with Gasteiger partial charge in [0.15, 0.2) is 0 Å². The molecule has 1 aromatic heterocycles. The van der Waals surface area contributed by atoms with Crippen LogP contribution in [0.2, 0.25) is 5.02 Å². The van der Waals surface area contributed by atoms with Crippen molar-refractivity contribution in [2.45, 2.75) is 13.3 Å². The fraction of sp³-hybridized carbons (Fsp3) is 0.538. The highest BCUT2D eigenvalue weighted by Crippen LogP contribution is 2.26. The van der Waals surface area contributed by atoms with Crippen molar-refractivity contribution in [3.05, 3.63) is 22.8 Å². The number of aromatic nitrogens is 1. The van der Waals surface area contributed by atoms with Crippen molar-refractivity contribution in [3.8, 4) is 6.07 Å². The number of pyridine rings is 1. The van der Waals surface area contributed by atoms with Crippen molar-refractivity contribution in [2.24, 2.45) is 0 Å². The Hall–Kier alpha value is -1.31. The van der Waals surface area contributed by atoms with Crippen molar-refractivity contribution < 1.29 is 0 Å². The molecule has 0 aromatic carbocycles. The van der Waals surface area contributed by atoms with E-state index in [9.17, 15) is 0 Å². The van der Waals surface area contributed by atoms with E-state index in [1.54, 1.807) is 12.3 Å². The standard InChI is InChI=1S/C13H19ClN4/c1-4-18(9-5-8-17(2)3)13-12(14)11(10-15)6-7-16-13/h6-7H,4-5,8-9H2,1-3H3. The Morgan fingerprint density at radius 1 is 1.39 bits per heavy atom. The molecule has 0 radical (unpaired) electrons. The van der Waals surface area contributed by atoms with E-state index < -0.39 is 0 Å². The Kier molecular flexibility index (Phi) is 5.90. The lowest BCUT2D eigenvalue weighted by Crippen LogP contribution is -2.28. The van der Waals surface area contributed by atoms with Gasteiger partial charge in [0, 0.05) is 19.3 Å². The second-order valence-corrected chi connectivity index (χ2v) is 4.72. The number of rotatable bonds is 6. The highest BCUT2D eigenvalue weighted by molar-refractivity contribution is 6.34. The van der Waals surface area contributed by atoms with Gasteiger partial charge in [-0.05, 0) is 40.1 Å². The minimum atomic E-state index is 0.451. The van der Waals surface area contributed by atoms with Gasteiger partial charge < -0.3 is 9.80 Å². The van der Waals surface area contributed by atoms with Crippen LogP contribution < -0.4 is 4.90 Å². The minimum absolute atomic E-state index is 0.451. The zero-order valence-electron chi connectivity index (χ0n) is 11.1. The predicted octanol–water partition coefficient (Wildman–Crippen LogP) is 2.38. The van der Waals surface area contributed by atoms with Gasteiger partial charge in [0.2, 0.25) is 0 Å². The van der Waals surface area contributed by atoms with Crippen LogP contribution in [0.1, 0.15) is 18.9 Å². The van der Waals surface area contributed by atoms with E-state index in [1.807, 2.05) is 0 Å². The van der Waals surface area contributed by atoms with Gasteiger partial charge in [-0.25, -0.2) is 4.98 Å². The van der Waals surface area contributed by atoms with Crippen LogP contribution in [0, 0.1) is 11.3 Å². The first kappa shape index (κ1) is 14.7. The molecule has 0 aliphatic heterocycles. The summed E-state index contributed by atoms with van der Waals surface area (Å²) < 4.78 is 0. The molecule has 1 aromatic rings. The number of hydrogen-bond donors (Lipinski definition) is 0. The largest absolute Gasteiger partial charge is 0.356 e. The van der Waals surface area contributed by atoms with E-state index in [0.717, 1.165) is 26.1 Å². The molecule has 0 unspecified atom stereocenters. The third-order valence-corrected chi connectivity index (χ3v) is 3.08. The molecule has 0 amide bonds. The van der Waals surface area contributed by atoms with Crippen molar-refractivity contribution in [1.82, 2.24) is 9.88 Å². The Labute approximate surface area is 114 Å². The molecule has 0 aliphatic carbocycles. The monoisotopic (exact) mass is 266 g/mol. The maximum absolute atomic E-state index is 8.96. The first-order valence-electron chi connectivity index (χ1n) is 6.04. The van der Waals surface area contributed by atoms with Crippen LogP contribution >= 0.6 is 11.6 Å². The quantitative estimate of drug-likeness (QED) is 0.793. The summed E-state index contributed by atoms with van der Waals surface area (Å²) in [5.74, 6) is 0.706. The van der Waals surface area contributed by atoms with Crippen LogP contribution in [0.4, 0.5) is 5.82 Å². The van der Waals surface area contributed by atoms with Crippen LogP contribution in [-0.4, -0.2) is 43.6 Å². The summed E-state index contributed by atoms with van der Waals surface area (Å²) in [6.07, 6.45) is 2.67. The Morgan fingerprint density at radius 3 is 2.67 bits per heavy atom. The predicted molar refractivity (Wildman–Crippen MR) is 75.0 cm³/mol. The van der Waals surface area contributed by atoms with Gasteiger partial charge >= 0.3 is 0 Å². The zero-order valence-corrected chi connectivity index (χ0v) is 11.9. The second-order valence-electron chi connectivity index (χ2n) is 4.34. The fourth-order valence-corrected chi connectivity index (χ4v) is 2.00. The lowest BCUT2D eigenvalue weighted by Gasteiger charge is -2.23. The lowest BCUT2D eigenvalue weighted by molar-refractivity contribution is 0.400. The molecule has 0 saturated carbocycles. The molecule has 0 spiro atoms. The van der Waals surface area contributed by atoms with Crippen LogP contribution in [0.25, 0.3) is 0 Å². The molecule has 0 bridgehead atoms. The van der Waals surface area contributed by atoms with E-state index in [0.29, 0.717) is 16.4 Å². The normalized spacial score (nSPS) is 10.4. The molecular weight excluding hydrogens is 248 g/mol. The molecule has 4 nitrogen and oxygen atoms in total. The molecule has 18 heavy (non-hydrogen) atoms. The van der Waals surface area contributed by atoms with Gasteiger partial charge in [0.1, 0.15) is 16.9 Å². The average Bonchev–Trinajstić information content (AvgIpc) is 2.35. The van der Waals surface area contributed by atoms with E-state index in [1.165, 1.54) is 0 Å². The second kappa shape index (κ2) is 7.20. The smallest absolute Gasteiger partial charge is 0.148 e. The van der Waals surface area contributed by atoms with E-state index in [-0.39, 0.29) is 0 Å². The molecule has 98 valence electrons. The lowest BCUT2D eigenvalue weighted by atomic mass is 10.2. The Morgan fingerprint density at radius 2 is 2.11 bits per heavy atom. The van der Waals surface area contributed by atoms with E-state index >= 15 is 0 Å². The van der Waals surface area contributed by atoms with Gasteiger partial charge in [0.05, 0.1) is 5.56 Å². The maximum Gasteiger partial charge on any atom is 0.148 e. The van der Waals surface area contributed by atoms with E-state index in [2.05, 4.69) is 41.9 Å². The van der Waals surface area contributed by atoms with Gasteiger partial charge in [-0.2, -0.15) is 5.26 Å². The molecule has 1 heterocycles. The van der Waals surface area contributed by atoms with Crippen LogP contribution in [0.3, 0.4) is 0 Å². The molecule has 5 heteroatoms. The summed E-state index contributed by atoms with van der Waals surface area (Å²) in [7, 11) is 4.11. The Balaban J connectivity index is 2.79. The molecule has 0 saturated heterocycles. The third-order valence-electron chi connectivity index (χ3n) is 2.71. The average molecular weight is 267 g/mol. The summed E-state index contributed by atoms with van der Waals surface area (Å²) in [4.78, 5) is 8.54. The molecule has 0 fully saturated rings. The summed E-state index contributed by atoms with van der Waals surface area (Å²) in [6.45, 7) is 4.80. The van der Waals surface area contributed by atoms with Crippen molar-refractivity contribution in [2.75, 3.05) is 38.6 Å². The molecular formula is C13H19ClN4. The summed E-state index contributed by atoms with van der Waals surface area (Å²) in [5, 5.41) is 9.41. The van der Waals surface area contributed by atoms with Crippen molar-refractivity contribution >= 4 is 17.4 Å². The zero-order chi connectivity index (χ0) is 13.5. The van der Waals surface area contributed by atoms with E-state index in [4.69, 9.17) is 16.9 Å². The maximum atomic E-state index is 8.96. The Bertz CT molecular complexity index is 425. The SMILES string of the molecule is CCN(CCCN(C)C)c1nccc(C#N)c1Cl. The number of nitrogens with zero attached hydrogens (tertiary/aromatic N) is 4. The molecule has 0 N–H and O–H groups in total. The molecule has 0 atom stereocenters. The first-order valence-corrected chi connectivity index (χ1v) is 6.42. The highest BCUT2D eigenvalue weighted by Gasteiger charge is 2.13. The van der Waals surface area contributed by atoms with Crippen LogP contribution in [0.15, 0.2) is 12.3 Å². The molecule has 1 rings (SSSR count). The first-order chi connectivity index (χ1) is 8.60. The summed E-state index contributed by atoms with van der Waals surface area (Å²) >= 11 is 6.19. The summed E-state index contributed by atoms with van der Waals surface area (Å²) in [5.41, 5.74) is 0.479. The van der Waals surface area contributed by atoms with Gasteiger partial charge in [-0.1, -0.05) is 11.6 Å². The fourth-order valence-electron chi connectivity index (χ4n) is 1.73. The number of halogens is 1. The third kappa shape index (κ3) is 3.86. The molecule has 0 aliphatic rings. The highest BCUT2D eigenvalue weighted by atomic mass is 35.5. The van der Waals surface area contributed by atoms with Crippen LogP contribution in [0.5, 0.6) is 0 Å². The van der Waals surface area contributed by atoms with Crippen LogP contribution in [-0.2, 0) is 0 Å². The van der Waals surface area contributed by atoms with Crippen molar-refractivity contribution in [1.29, 1.82) is 5.26 Å². The topological polar surface area (TPSA) is 43.2 Å². The number of anilines is 1. The number of nitriles is 1. The van der Waals surface area contributed by atoms with Gasteiger partial charge in [-0.3, -0.25) is 0 Å². The van der Waals surface area contributed by atoms with Gasteiger partial charge in [-0.15, -0.1) is 0 Å². The van der Waals surface area contributed by atoms with Crippen molar-refractivity contribution in [3.63, 3.8) is 0 Å². The summed E-state index contributed by atoms with van der Waals surface area (Å²) in [6, 6.07) is 3.72. The minimum Gasteiger partial charge on any atom is -0.356 e.